The van der Waals surface area contributed by atoms with Crippen LogP contribution in [0.25, 0.3) is 0 Å². The molecule has 1 aliphatic carbocycles. The summed E-state index contributed by atoms with van der Waals surface area (Å²) in [5, 5.41) is 19.1. The second kappa shape index (κ2) is 13.7. The summed E-state index contributed by atoms with van der Waals surface area (Å²) in [6, 6.07) is 0. The van der Waals surface area contributed by atoms with E-state index in [1.165, 1.54) is 0 Å². The van der Waals surface area contributed by atoms with E-state index in [0.717, 1.165) is 44.9 Å². The van der Waals surface area contributed by atoms with Gasteiger partial charge in [0.25, 0.3) is 0 Å². The van der Waals surface area contributed by atoms with Crippen LogP contribution >= 0.6 is 0 Å². The number of aliphatic hydroxyl groups excluding tert-OH is 1. The van der Waals surface area contributed by atoms with Crippen LogP contribution in [0.3, 0.4) is 0 Å². The second-order valence-electron chi connectivity index (χ2n) is 9.84. The molecule has 6 heteroatoms. The molecular formula is C25H42O6. The van der Waals surface area contributed by atoms with E-state index in [2.05, 4.69) is 6.92 Å². The zero-order valence-corrected chi connectivity index (χ0v) is 19.8. The van der Waals surface area contributed by atoms with Gasteiger partial charge in [0.15, 0.2) is 0 Å². The molecule has 1 rings (SSSR count). The number of carboxylic acid groups (broad SMARTS) is 1. The Bertz CT molecular complexity index is 604. The number of esters is 1. The standard InChI is InChI=1S/C25H42O6/c1-5-6-9-12-18(31-24(30)25(2,3)4)15-16-20-19(21(26)17-22(20)27)13-10-7-8-11-14-23(28)29/h15-16,18-20,22,27H,5-14,17H2,1-4H3,(H,28,29)/t18-,19+,20+,22+/m0/s1. The number of unbranched alkanes of at least 4 members (excludes halogenated alkanes) is 5. The van der Waals surface area contributed by atoms with Gasteiger partial charge in [0, 0.05) is 24.7 Å². The maximum atomic E-state index is 12.4. The molecule has 6 nitrogen and oxygen atoms in total. The lowest BCUT2D eigenvalue weighted by atomic mass is 9.88. The molecule has 0 aromatic heterocycles. The number of hydrogen-bond donors (Lipinski definition) is 2. The van der Waals surface area contributed by atoms with Crippen molar-refractivity contribution in [1.29, 1.82) is 0 Å². The lowest BCUT2D eigenvalue weighted by Crippen LogP contribution is -2.28. The fourth-order valence-electron chi connectivity index (χ4n) is 3.94. The van der Waals surface area contributed by atoms with E-state index >= 15 is 0 Å². The van der Waals surface area contributed by atoms with Crippen LogP contribution in [0.2, 0.25) is 0 Å². The van der Waals surface area contributed by atoms with Crippen molar-refractivity contribution in [2.45, 2.75) is 111 Å². The third-order valence-corrected chi connectivity index (χ3v) is 5.90. The minimum Gasteiger partial charge on any atom is -0.481 e. The normalized spacial score (nSPS) is 22.7. The highest BCUT2D eigenvalue weighted by molar-refractivity contribution is 5.84. The van der Waals surface area contributed by atoms with Crippen LogP contribution in [0.4, 0.5) is 0 Å². The number of hydrogen-bond acceptors (Lipinski definition) is 5. The van der Waals surface area contributed by atoms with E-state index in [0.29, 0.717) is 12.8 Å². The van der Waals surface area contributed by atoms with E-state index < -0.39 is 17.5 Å². The molecule has 0 aromatic carbocycles. The predicted octanol–water partition coefficient (Wildman–Crippen LogP) is 5.07. The molecule has 1 saturated carbocycles. The summed E-state index contributed by atoms with van der Waals surface area (Å²) < 4.78 is 5.72. The number of rotatable bonds is 14. The first-order valence-corrected chi connectivity index (χ1v) is 11.9. The van der Waals surface area contributed by atoms with Crippen LogP contribution in [-0.4, -0.2) is 40.1 Å². The van der Waals surface area contributed by atoms with Crippen molar-refractivity contribution in [2.75, 3.05) is 0 Å². The predicted molar refractivity (Wildman–Crippen MR) is 121 cm³/mol. The highest BCUT2D eigenvalue weighted by Crippen LogP contribution is 2.34. The van der Waals surface area contributed by atoms with Gasteiger partial charge in [-0.25, -0.2) is 0 Å². The first kappa shape index (κ1) is 27.3. The van der Waals surface area contributed by atoms with Gasteiger partial charge in [-0.2, -0.15) is 0 Å². The van der Waals surface area contributed by atoms with Crippen LogP contribution in [0, 0.1) is 17.3 Å². The molecule has 0 aliphatic heterocycles. The van der Waals surface area contributed by atoms with Gasteiger partial charge in [-0.05, 0) is 52.5 Å². The van der Waals surface area contributed by atoms with Crippen molar-refractivity contribution in [2.24, 2.45) is 17.3 Å². The van der Waals surface area contributed by atoms with Gasteiger partial charge < -0.3 is 14.9 Å². The maximum absolute atomic E-state index is 12.4. The number of aliphatic hydroxyl groups is 1. The highest BCUT2D eigenvalue weighted by Gasteiger charge is 2.39. The molecule has 0 bridgehead atoms. The lowest BCUT2D eigenvalue weighted by Gasteiger charge is -2.23. The lowest BCUT2D eigenvalue weighted by molar-refractivity contribution is -0.156. The zero-order chi connectivity index (χ0) is 23.4. The Morgan fingerprint density at radius 1 is 1.13 bits per heavy atom. The summed E-state index contributed by atoms with van der Waals surface area (Å²) in [6.07, 6.45) is 10.8. The summed E-state index contributed by atoms with van der Waals surface area (Å²) in [6.45, 7) is 7.61. The van der Waals surface area contributed by atoms with E-state index in [4.69, 9.17) is 9.84 Å². The Morgan fingerprint density at radius 3 is 2.42 bits per heavy atom. The quantitative estimate of drug-likeness (QED) is 0.223. The SMILES string of the molecule is CCCCC[C@@H](C=C[C@H]1[C@H](O)CC(=O)[C@@H]1CCCCCCC(=O)O)OC(=O)C(C)(C)C. The van der Waals surface area contributed by atoms with Gasteiger partial charge in [0.05, 0.1) is 11.5 Å². The van der Waals surface area contributed by atoms with Gasteiger partial charge in [0.2, 0.25) is 0 Å². The molecule has 31 heavy (non-hydrogen) atoms. The Kier molecular flexibility index (Phi) is 12.1. The first-order chi connectivity index (χ1) is 14.6. The summed E-state index contributed by atoms with van der Waals surface area (Å²) in [4.78, 5) is 35.4. The van der Waals surface area contributed by atoms with Crippen molar-refractivity contribution >= 4 is 17.7 Å². The Balaban J connectivity index is 2.70. The monoisotopic (exact) mass is 438 g/mol. The number of carbonyl (C=O) groups excluding carboxylic acids is 2. The van der Waals surface area contributed by atoms with Crippen molar-refractivity contribution in [3.8, 4) is 0 Å². The van der Waals surface area contributed by atoms with Crippen molar-refractivity contribution in [3.63, 3.8) is 0 Å². The van der Waals surface area contributed by atoms with Crippen LogP contribution in [-0.2, 0) is 19.1 Å². The topological polar surface area (TPSA) is 101 Å². The number of carbonyl (C=O) groups is 3. The third-order valence-electron chi connectivity index (χ3n) is 5.90. The Morgan fingerprint density at radius 2 is 1.81 bits per heavy atom. The first-order valence-electron chi connectivity index (χ1n) is 11.9. The minimum atomic E-state index is -0.778. The molecule has 0 heterocycles. The fraction of sp³-hybridized carbons (Fsp3) is 0.800. The number of ether oxygens (including phenoxy) is 1. The number of ketones is 1. The van der Waals surface area contributed by atoms with Crippen LogP contribution < -0.4 is 0 Å². The largest absolute Gasteiger partial charge is 0.481 e. The summed E-state index contributed by atoms with van der Waals surface area (Å²) >= 11 is 0. The van der Waals surface area contributed by atoms with Crippen molar-refractivity contribution < 1.29 is 29.3 Å². The van der Waals surface area contributed by atoms with Gasteiger partial charge in [-0.1, -0.05) is 45.1 Å². The van der Waals surface area contributed by atoms with Crippen LogP contribution in [0.5, 0.6) is 0 Å². The Labute approximate surface area is 187 Å². The molecule has 0 radical (unpaired) electrons. The van der Waals surface area contributed by atoms with Gasteiger partial charge in [0.1, 0.15) is 11.9 Å². The molecule has 0 aromatic rings. The number of aliphatic carboxylic acids is 1. The maximum Gasteiger partial charge on any atom is 0.311 e. The van der Waals surface area contributed by atoms with Crippen molar-refractivity contribution in [1.82, 2.24) is 0 Å². The van der Waals surface area contributed by atoms with Crippen LogP contribution in [0.15, 0.2) is 12.2 Å². The molecule has 1 aliphatic rings. The summed E-state index contributed by atoms with van der Waals surface area (Å²) in [5.41, 5.74) is -0.580. The van der Waals surface area contributed by atoms with E-state index in [-0.39, 0.29) is 42.5 Å². The van der Waals surface area contributed by atoms with E-state index in [1.54, 1.807) is 0 Å². The minimum absolute atomic E-state index is 0.0851. The fourth-order valence-corrected chi connectivity index (χ4v) is 3.94. The molecule has 0 amide bonds. The molecule has 0 spiro atoms. The zero-order valence-electron chi connectivity index (χ0n) is 19.8. The molecule has 0 unspecified atom stereocenters. The summed E-state index contributed by atoms with van der Waals surface area (Å²) in [7, 11) is 0. The molecule has 2 N–H and O–H groups in total. The van der Waals surface area contributed by atoms with Gasteiger partial charge >= 0.3 is 11.9 Å². The molecular weight excluding hydrogens is 396 g/mol. The molecule has 4 atom stereocenters. The molecule has 178 valence electrons. The van der Waals surface area contributed by atoms with Gasteiger partial charge in [-0.3, -0.25) is 14.4 Å². The van der Waals surface area contributed by atoms with Gasteiger partial charge in [-0.15, -0.1) is 0 Å². The molecule has 0 saturated heterocycles. The van der Waals surface area contributed by atoms with Crippen molar-refractivity contribution in [3.05, 3.63) is 12.2 Å². The van der Waals surface area contributed by atoms with Crippen LogP contribution in [0.1, 0.15) is 98.3 Å². The number of carboxylic acids is 1. The summed E-state index contributed by atoms with van der Waals surface area (Å²) in [5.74, 6) is -1.42. The Hall–Kier alpha value is -1.69. The smallest absolute Gasteiger partial charge is 0.311 e. The average molecular weight is 439 g/mol. The number of Topliss-reactive ketones (excluding diaryl/α,β-unsaturated/α-hetero) is 1. The third kappa shape index (κ3) is 10.4. The molecule has 1 fully saturated rings. The van der Waals surface area contributed by atoms with E-state index in [1.807, 2.05) is 32.9 Å². The second-order valence-corrected chi connectivity index (χ2v) is 9.84. The highest BCUT2D eigenvalue weighted by atomic mass is 16.5. The van der Waals surface area contributed by atoms with E-state index in [9.17, 15) is 19.5 Å². The average Bonchev–Trinajstić information content (AvgIpc) is 2.94.